The van der Waals surface area contributed by atoms with Crippen molar-refractivity contribution in [2.75, 3.05) is 52.4 Å². The van der Waals surface area contributed by atoms with Gasteiger partial charge in [0.25, 0.3) is 0 Å². The van der Waals surface area contributed by atoms with Gasteiger partial charge in [-0.15, -0.1) is 6.42 Å². The number of nitrogens with one attached hydrogen (secondary N) is 1. The third-order valence-electron chi connectivity index (χ3n) is 8.89. The minimum atomic E-state index is -1.41. The molecule has 4 N–H and O–H groups in total. The average molecular weight is 645 g/mol. The minimum Gasteiger partial charge on any atom is -0.481 e. The summed E-state index contributed by atoms with van der Waals surface area (Å²) in [5, 5.41) is 34.9. The highest BCUT2D eigenvalue weighted by atomic mass is 16.5. The highest BCUT2D eigenvalue weighted by molar-refractivity contribution is 5.81. The van der Waals surface area contributed by atoms with Crippen LogP contribution in [0, 0.1) is 28.6 Å². The first-order chi connectivity index (χ1) is 21.2. The average Bonchev–Trinajstić information content (AvgIpc) is 2.96. The summed E-state index contributed by atoms with van der Waals surface area (Å²) in [4.78, 5) is 44.1. The standard InChI is InChI=1S/C35H56N4O7/c1-11-20-46-27-14-12-25(13-15-27)21-36-22-26-23-38(29(30(42)43)32(2,3)4)18-16-37(24-28(40)41)17-19-39(26)35(31(44)45,33(5,6)7)34(8,9)10/h1,12-15,26,29,36H,16-24H2,2-10H3,(H,40,41)(H,42,43)(H,44,45). The molecule has 2 unspecified atom stereocenters. The van der Waals surface area contributed by atoms with Gasteiger partial charge in [-0.3, -0.25) is 29.1 Å². The number of ether oxygens (including phenoxy) is 1. The van der Waals surface area contributed by atoms with Gasteiger partial charge in [0.05, 0.1) is 6.54 Å². The zero-order valence-corrected chi connectivity index (χ0v) is 29.2. The first kappa shape index (κ1) is 39.0. The molecular formula is C35H56N4O7. The normalized spacial score (nSPS) is 18.9. The number of benzene rings is 1. The highest BCUT2D eigenvalue weighted by Gasteiger charge is 2.62. The fraction of sp³-hybridized carbons (Fsp3) is 0.686. The van der Waals surface area contributed by atoms with Crippen molar-refractivity contribution in [3.8, 4) is 18.1 Å². The molecule has 11 nitrogen and oxygen atoms in total. The van der Waals surface area contributed by atoms with Gasteiger partial charge in [0, 0.05) is 51.9 Å². The molecule has 1 aliphatic heterocycles. The summed E-state index contributed by atoms with van der Waals surface area (Å²) in [5.74, 6) is 0.170. The number of aliphatic carboxylic acids is 3. The molecule has 1 saturated heterocycles. The van der Waals surface area contributed by atoms with E-state index in [0.717, 1.165) is 5.56 Å². The SMILES string of the molecule is C#CCOc1ccc(CNCC2CN(C(C(=O)O)C(C)(C)C)CCN(CC(=O)O)CCN2C(C(=O)O)(C(C)(C)C)C(C)(C)C)cc1. The molecule has 0 radical (unpaired) electrons. The number of rotatable bonds is 12. The van der Waals surface area contributed by atoms with Crippen LogP contribution in [0.2, 0.25) is 0 Å². The van der Waals surface area contributed by atoms with Crippen LogP contribution in [-0.4, -0.2) is 118 Å². The second kappa shape index (κ2) is 15.6. The van der Waals surface area contributed by atoms with Crippen molar-refractivity contribution in [1.82, 2.24) is 20.0 Å². The Balaban J connectivity index is 2.69. The van der Waals surface area contributed by atoms with Gasteiger partial charge in [0.15, 0.2) is 0 Å². The van der Waals surface area contributed by atoms with Crippen LogP contribution in [-0.2, 0) is 20.9 Å². The summed E-state index contributed by atoms with van der Waals surface area (Å²) < 4.78 is 5.49. The van der Waals surface area contributed by atoms with Gasteiger partial charge < -0.3 is 25.4 Å². The van der Waals surface area contributed by atoms with Gasteiger partial charge in [-0.2, -0.15) is 0 Å². The largest absolute Gasteiger partial charge is 0.481 e. The lowest BCUT2D eigenvalue weighted by Gasteiger charge is -2.59. The first-order valence-electron chi connectivity index (χ1n) is 15.9. The number of hydrogen-bond acceptors (Lipinski definition) is 8. The van der Waals surface area contributed by atoms with Crippen molar-refractivity contribution in [1.29, 1.82) is 0 Å². The minimum absolute atomic E-state index is 0.175. The molecule has 0 aliphatic carbocycles. The van der Waals surface area contributed by atoms with Crippen LogP contribution < -0.4 is 10.1 Å². The van der Waals surface area contributed by atoms with Gasteiger partial charge in [-0.1, -0.05) is 80.4 Å². The van der Waals surface area contributed by atoms with E-state index in [1.807, 2.05) is 96.4 Å². The Hall–Kier alpha value is -3.17. The predicted octanol–water partition coefficient (Wildman–Crippen LogP) is 3.58. The fourth-order valence-corrected chi connectivity index (χ4v) is 7.51. The molecule has 11 heteroatoms. The Labute approximate surface area is 275 Å². The van der Waals surface area contributed by atoms with Crippen LogP contribution in [0.4, 0.5) is 0 Å². The topological polar surface area (TPSA) is 143 Å². The van der Waals surface area contributed by atoms with E-state index in [4.69, 9.17) is 11.2 Å². The molecule has 0 amide bonds. The molecule has 0 bridgehead atoms. The molecule has 1 fully saturated rings. The molecule has 1 aromatic rings. The van der Waals surface area contributed by atoms with E-state index in [-0.39, 0.29) is 26.2 Å². The first-order valence-corrected chi connectivity index (χ1v) is 15.9. The van der Waals surface area contributed by atoms with E-state index in [1.165, 1.54) is 0 Å². The van der Waals surface area contributed by atoms with E-state index in [1.54, 1.807) is 4.90 Å². The molecule has 258 valence electrons. The summed E-state index contributed by atoms with van der Waals surface area (Å²) in [6.45, 7) is 19.5. The summed E-state index contributed by atoms with van der Waals surface area (Å²) >= 11 is 0. The lowest BCUT2D eigenvalue weighted by atomic mass is 9.58. The molecule has 0 spiro atoms. The third kappa shape index (κ3) is 9.44. The number of carbonyl (C=O) groups is 3. The monoisotopic (exact) mass is 644 g/mol. The lowest BCUT2D eigenvalue weighted by molar-refractivity contribution is -0.182. The van der Waals surface area contributed by atoms with E-state index in [2.05, 4.69) is 11.2 Å². The predicted molar refractivity (Wildman–Crippen MR) is 179 cm³/mol. The zero-order valence-electron chi connectivity index (χ0n) is 29.2. The third-order valence-corrected chi connectivity index (χ3v) is 8.89. The summed E-state index contributed by atoms with van der Waals surface area (Å²) in [6.07, 6.45) is 5.29. The summed E-state index contributed by atoms with van der Waals surface area (Å²) in [5.41, 5.74) is -2.61. The van der Waals surface area contributed by atoms with E-state index >= 15 is 0 Å². The molecule has 1 aliphatic rings. The van der Waals surface area contributed by atoms with Crippen LogP contribution >= 0.6 is 0 Å². The number of carboxylic acid groups (broad SMARTS) is 3. The molecular weight excluding hydrogens is 588 g/mol. The van der Waals surface area contributed by atoms with Crippen molar-refractivity contribution in [3.63, 3.8) is 0 Å². The second-order valence-corrected chi connectivity index (χ2v) is 15.4. The lowest BCUT2D eigenvalue weighted by Crippen LogP contribution is -2.73. The van der Waals surface area contributed by atoms with E-state index < -0.39 is 51.8 Å². The maximum atomic E-state index is 13.7. The second-order valence-electron chi connectivity index (χ2n) is 15.4. The number of hydrogen-bond donors (Lipinski definition) is 4. The van der Waals surface area contributed by atoms with Crippen LogP contribution in [0.5, 0.6) is 5.75 Å². The molecule has 46 heavy (non-hydrogen) atoms. The molecule has 0 saturated carbocycles. The van der Waals surface area contributed by atoms with Gasteiger partial charge in [0.1, 0.15) is 23.9 Å². The van der Waals surface area contributed by atoms with Crippen molar-refractivity contribution in [2.45, 2.75) is 86.5 Å². The molecule has 2 atom stereocenters. The van der Waals surface area contributed by atoms with Crippen LogP contribution in [0.15, 0.2) is 24.3 Å². The maximum absolute atomic E-state index is 13.7. The van der Waals surface area contributed by atoms with E-state index in [0.29, 0.717) is 38.5 Å². The van der Waals surface area contributed by atoms with Gasteiger partial charge in [0.2, 0.25) is 0 Å². The summed E-state index contributed by atoms with van der Waals surface area (Å²) in [6, 6.07) is 6.22. The quantitative estimate of drug-likeness (QED) is 0.248. The van der Waals surface area contributed by atoms with Crippen molar-refractivity contribution in [3.05, 3.63) is 29.8 Å². The van der Waals surface area contributed by atoms with Crippen molar-refractivity contribution in [2.24, 2.45) is 16.2 Å². The Bertz CT molecular complexity index is 1210. The Morgan fingerprint density at radius 1 is 0.935 bits per heavy atom. The van der Waals surface area contributed by atoms with Crippen LogP contribution in [0.25, 0.3) is 0 Å². The van der Waals surface area contributed by atoms with E-state index in [9.17, 15) is 29.7 Å². The number of carboxylic acids is 3. The summed E-state index contributed by atoms with van der Waals surface area (Å²) in [7, 11) is 0. The molecule has 1 heterocycles. The Morgan fingerprint density at radius 3 is 1.96 bits per heavy atom. The smallest absolute Gasteiger partial charge is 0.325 e. The van der Waals surface area contributed by atoms with Gasteiger partial charge >= 0.3 is 17.9 Å². The fourth-order valence-electron chi connectivity index (χ4n) is 7.51. The molecule has 2 rings (SSSR count). The van der Waals surface area contributed by atoms with Crippen molar-refractivity contribution < 1.29 is 34.4 Å². The van der Waals surface area contributed by atoms with Gasteiger partial charge in [-0.05, 0) is 33.9 Å². The van der Waals surface area contributed by atoms with Crippen molar-refractivity contribution >= 4 is 17.9 Å². The number of nitrogens with zero attached hydrogens (tertiary/aromatic N) is 3. The maximum Gasteiger partial charge on any atom is 0.325 e. The zero-order chi connectivity index (χ0) is 35.1. The van der Waals surface area contributed by atoms with Gasteiger partial charge in [-0.25, -0.2) is 0 Å². The highest BCUT2D eigenvalue weighted by Crippen LogP contribution is 2.49. The van der Waals surface area contributed by atoms with Crippen LogP contribution in [0.1, 0.15) is 67.9 Å². The Kier molecular flexibility index (Phi) is 13.2. The number of terminal acetylenes is 1. The Morgan fingerprint density at radius 2 is 1.50 bits per heavy atom. The molecule has 1 aromatic carbocycles. The van der Waals surface area contributed by atoms with Crippen LogP contribution in [0.3, 0.4) is 0 Å². The molecule has 0 aromatic heterocycles.